The summed E-state index contributed by atoms with van der Waals surface area (Å²) in [5, 5.41) is 0. The number of ether oxygens (including phenoxy) is 2. The van der Waals surface area contributed by atoms with Gasteiger partial charge in [0.15, 0.2) is 0 Å². The van der Waals surface area contributed by atoms with Crippen molar-refractivity contribution in [3.8, 4) is 0 Å². The van der Waals surface area contributed by atoms with Crippen molar-refractivity contribution >= 4 is 17.7 Å². The van der Waals surface area contributed by atoms with Gasteiger partial charge in [-0.05, 0) is 38.4 Å². The molecule has 1 aromatic rings. The molecule has 0 saturated carbocycles. The molecule has 3 rings (SSSR count). The standard InChI is InChI=1S/C18H24N2O4/c1-2-23-17(21)14-7-6-10-19(11-14)12-16-13-20(18(22)24-16)15-8-4-3-5-9-15/h3-5,8-9,14,16H,2,6-7,10-13H2,1H3/t14-,16+/m1/s1. The molecule has 1 amide bonds. The molecule has 130 valence electrons. The number of rotatable bonds is 5. The van der Waals surface area contributed by atoms with E-state index in [0.29, 0.717) is 26.2 Å². The third-order valence-electron chi connectivity index (χ3n) is 4.53. The van der Waals surface area contributed by atoms with Crippen LogP contribution in [0, 0.1) is 5.92 Å². The maximum Gasteiger partial charge on any atom is 0.414 e. The average Bonchev–Trinajstić information content (AvgIpc) is 2.96. The van der Waals surface area contributed by atoms with Crippen LogP contribution in [0.3, 0.4) is 0 Å². The predicted octanol–water partition coefficient (Wildman–Crippen LogP) is 2.29. The van der Waals surface area contributed by atoms with Crippen molar-refractivity contribution in [2.75, 3.05) is 37.7 Å². The minimum absolute atomic E-state index is 0.0685. The van der Waals surface area contributed by atoms with Crippen LogP contribution in [0.15, 0.2) is 30.3 Å². The lowest BCUT2D eigenvalue weighted by Gasteiger charge is -2.32. The Balaban J connectivity index is 1.55. The Morgan fingerprint density at radius 1 is 1.29 bits per heavy atom. The molecule has 0 N–H and O–H groups in total. The highest BCUT2D eigenvalue weighted by atomic mass is 16.6. The lowest BCUT2D eigenvalue weighted by atomic mass is 9.98. The lowest BCUT2D eigenvalue weighted by molar-refractivity contribution is -0.150. The molecule has 6 heteroatoms. The zero-order chi connectivity index (χ0) is 16.9. The molecule has 2 aliphatic rings. The van der Waals surface area contributed by atoms with E-state index in [1.165, 1.54) is 0 Å². The fraction of sp³-hybridized carbons (Fsp3) is 0.556. The van der Waals surface area contributed by atoms with Gasteiger partial charge >= 0.3 is 12.1 Å². The first-order valence-corrected chi connectivity index (χ1v) is 8.59. The smallest absolute Gasteiger partial charge is 0.414 e. The van der Waals surface area contributed by atoms with Crippen molar-refractivity contribution in [2.45, 2.75) is 25.9 Å². The van der Waals surface area contributed by atoms with Gasteiger partial charge in [0.1, 0.15) is 6.10 Å². The molecule has 6 nitrogen and oxygen atoms in total. The molecular weight excluding hydrogens is 308 g/mol. The highest BCUT2D eigenvalue weighted by Crippen LogP contribution is 2.23. The van der Waals surface area contributed by atoms with E-state index >= 15 is 0 Å². The van der Waals surface area contributed by atoms with Crippen molar-refractivity contribution in [1.82, 2.24) is 4.90 Å². The molecule has 2 atom stereocenters. The number of hydrogen-bond donors (Lipinski definition) is 0. The minimum Gasteiger partial charge on any atom is -0.466 e. The molecule has 0 spiro atoms. The van der Waals surface area contributed by atoms with Crippen molar-refractivity contribution in [3.05, 3.63) is 30.3 Å². The third-order valence-corrected chi connectivity index (χ3v) is 4.53. The van der Waals surface area contributed by atoms with Gasteiger partial charge in [0.2, 0.25) is 0 Å². The number of para-hydroxylation sites is 1. The van der Waals surface area contributed by atoms with E-state index in [4.69, 9.17) is 9.47 Å². The van der Waals surface area contributed by atoms with Gasteiger partial charge in [0.05, 0.1) is 19.1 Å². The largest absolute Gasteiger partial charge is 0.466 e. The van der Waals surface area contributed by atoms with E-state index in [9.17, 15) is 9.59 Å². The van der Waals surface area contributed by atoms with E-state index in [1.807, 2.05) is 37.3 Å². The Hall–Kier alpha value is -2.08. The predicted molar refractivity (Wildman–Crippen MR) is 89.9 cm³/mol. The summed E-state index contributed by atoms with van der Waals surface area (Å²) >= 11 is 0. The fourth-order valence-corrected chi connectivity index (χ4v) is 3.40. The summed E-state index contributed by atoms with van der Waals surface area (Å²) in [4.78, 5) is 27.9. The van der Waals surface area contributed by atoms with Gasteiger partial charge in [-0.1, -0.05) is 18.2 Å². The number of carbonyl (C=O) groups is 2. The monoisotopic (exact) mass is 332 g/mol. The molecule has 2 aliphatic heterocycles. The van der Waals surface area contributed by atoms with Gasteiger partial charge in [-0.2, -0.15) is 0 Å². The van der Waals surface area contributed by atoms with Crippen LogP contribution in [0.5, 0.6) is 0 Å². The first kappa shape index (κ1) is 16.8. The summed E-state index contributed by atoms with van der Waals surface area (Å²) in [6, 6.07) is 9.54. The maximum atomic E-state index is 12.1. The molecule has 2 fully saturated rings. The number of piperidine rings is 1. The number of benzene rings is 1. The summed E-state index contributed by atoms with van der Waals surface area (Å²) in [5.74, 6) is -0.183. The normalized spacial score (nSPS) is 24.7. The second-order valence-corrected chi connectivity index (χ2v) is 6.30. The van der Waals surface area contributed by atoms with Crippen LogP contribution in [0.4, 0.5) is 10.5 Å². The van der Waals surface area contributed by atoms with Crippen molar-refractivity contribution in [3.63, 3.8) is 0 Å². The topological polar surface area (TPSA) is 59.1 Å². The second kappa shape index (κ2) is 7.66. The second-order valence-electron chi connectivity index (χ2n) is 6.30. The van der Waals surface area contributed by atoms with Crippen LogP contribution in [0.1, 0.15) is 19.8 Å². The Labute approximate surface area is 142 Å². The van der Waals surface area contributed by atoms with Crippen molar-refractivity contribution in [2.24, 2.45) is 5.92 Å². The van der Waals surface area contributed by atoms with Crippen LogP contribution in [-0.2, 0) is 14.3 Å². The van der Waals surface area contributed by atoms with Crippen LogP contribution in [0.2, 0.25) is 0 Å². The van der Waals surface area contributed by atoms with Crippen molar-refractivity contribution in [1.29, 1.82) is 0 Å². The molecule has 0 bridgehead atoms. The zero-order valence-electron chi connectivity index (χ0n) is 14.0. The first-order valence-electron chi connectivity index (χ1n) is 8.59. The summed E-state index contributed by atoms with van der Waals surface area (Å²) in [7, 11) is 0. The van der Waals surface area contributed by atoms with E-state index in [1.54, 1.807) is 4.90 Å². The number of likely N-dealkylation sites (tertiary alicyclic amines) is 1. The molecule has 2 saturated heterocycles. The van der Waals surface area contributed by atoms with Gasteiger partial charge in [0.25, 0.3) is 0 Å². The van der Waals surface area contributed by atoms with Gasteiger partial charge in [0, 0.05) is 18.8 Å². The fourth-order valence-electron chi connectivity index (χ4n) is 3.40. The van der Waals surface area contributed by atoms with Crippen LogP contribution >= 0.6 is 0 Å². The quantitative estimate of drug-likeness (QED) is 0.774. The number of carbonyl (C=O) groups excluding carboxylic acids is 2. The van der Waals surface area contributed by atoms with E-state index in [-0.39, 0.29) is 24.1 Å². The molecule has 24 heavy (non-hydrogen) atoms. The molecule has 0 aliphatic carbocycles. The molecule has 0 unspecified atom stereocenters. The number of esters is 1. The molecule has 0 aromatic heterocycles. The zero-order valence-corrected chi connectivity index (χ0v) is 14.0. The number of hydrogen-bond acceptors (Lipinski definition) is 5. The minimum atomic E-state index is -0.301. The number of nitrogens with zero attached hydrogens (tertiary/aromatic N) is 2. The Morgan fingerprint density at radius 3 is 2.83 bits per heavy atom. The van der Waals surface area contributed by atoms with Crippen LogP contribution in [0.25, 0.3) is 0 Å². The summed E-state index contributed by atoms with van der Waals surface area (Å²) in [6.07, 6.45) is 1.37. The number of amides is 1. The summed E-state index contributed by atoms with van der Waals surface area (Å²) < 4.78 is 10.6. The van der Waals surface area contributed by atoms with Gasteiger partial charge in [-0.25, -0.2) is 4.79 Å². The molecular formula is C18H24N2O4. The first-order chi connectivity index (χ1) is 11.7. The van der Waals surface area contributed by atoms with E-state index in [2.05, 4.69) is 4.90 Å². The summed E-state index contributed by atoms with van der Waals surface area (Å²) in [6.45, 7) is 5.05. The molecule has 0 radical (unpaired) electrons. The van der Waals surface area contributed by atoms with Gasteiger partial charge in [-0.15, -0.1) is 0 Å². The van der Waals surface area contributed by atoms with Crippen LogP contribution in [-0.4, -0.2) is 55.9 Å². The number of anilines is 1. The Bertz CT molecular complexity index is 578. The van der Waals surface area contributed by atoms with Gasteiger partial charge in [-0.3, -0.25) is 14.6 Å². The average molecular weight is 332 g/mol. The van der Waals surface area contributed by atoms with E-state index < -0.39 is 0 Å². The van der Waals surface area contributed by atoms with Crippen molar-refractivity contribution < 1.29 is 19.1 Å². The van der Waals surface area contributed by atoms with Gasteiger partial charge < -0.3 is 9.47 Å². The molecule has 1 aromatic carbocycles. The maximum absolute atomic E-state index is 12.1. The SMILES string of the molecule is CCOC(=O)[C@@H]1CCCN(C[C@H]2CN(c3ccccc3)C(=O)O2)C1. The molecule has 2 heterocycles. The summed E-state index contributed by atoms with van der Waals surface area (Å²) in [5.41, 5.74) is 0.855. The lowest BCUT2D eigenvalue weighted by Crippen LogP contribution is -2.43. The van der Waals surface area contributed by atoms with E-state index in [0.717, 1.165) is 25.1 Å². The highest BCUT2D eigenvalue weighted by Gasteiger charge is 2.35. The van der Waals surface area contributed by atoms with Crippen LogP contribution < -0.4 is 4.90 Å². The Kier molecular flexibility index (Phi) is 5.35. The highest BCUT2D eigenvalue weighted by molar-refractivity contribution is 5.89. The third kappa shape index (κ3) is 3.87. The number of cyclic esters (lactones) is 1. The Morgan fingerprint density at radius 2 is 2.08 bits per heavy atom.